The maximum Gasteiger partial charge on any atom is 0.323 e. The number of methoxy groups -OCH3 is 1. The fraction of sp³-hybridized carbons (Fsp3) is 0.846. The molecule has 1 aliphatic heterocycles. The normalized spacial score (nSPS) is 28.5. The Morgan fingerprint density at radius 3 is 2.70 bits per heavy atom. The van der Waals surface area contributed by atoms with Crippen LogP contribution in [0.5, 0.6) is 0 Å². The number of hydrogen-bond donors (Lipinski definition) is 2. The smallest absolute Gasteiger partial charge is 0.323 e. The molecule has 1 saturated heterocycles. The molecule has 2 amide bonds. The number of carbonyl (C=O) groups is 2. The second-order valence-corrected chi connectivity index (χ2v) is 5.56. The molecule has 7 heteroatoms. The number of likely N-dealkylation sites (tertiary alicyclic amines) is 1. The van der Waals surface area contributed by atoms with E-state index in [0.29, 0.717) is 25.6 Å². The van der Waals surface area contributed by atoms with Gasteiger partial charge in [-0.05, 0) is 18.8 Å². The monoisotopic (exact) mass is 286 g/mol. The molecule has 0 aromatic carbocycles. The Morgan fingerprint density at radius 1 is 1.35 bits per heavy atom. The Bertz CT molecular complexity index is 376. The number of ether oxygens (including phenoxy) is 1. The summed E-state index contributed by atoms with van der Waals surface area (Å²) in [7, 11) is 1.51. The van der Waals surface area contributed by atoms with Gasteiger partial charge in [0.2, 0.25) is 0 Å². The van der Waals surface area contributed by atoms with E-state index in [1.807, 2.05) is 0 Å². The summed E-state index contributed by atoms with van der Waals surface area (Å²) in [5.74, 6) is -0.537. The van der Waals surface area contributed by atoms with Crippen LogP contribution in [0.25, 0.3) is 0 Å². The molecule has 2 aliphatic rings. The van der Waals surface area contributed by atoms with Crippen molar-refractivity contribution in [2.24, 2.45) is 11.8 Å². The summed E-state index contributed by atoms with van der Waals surface area (Å²) in [6.45, 7) is 1.38. The van der Waals surface area contributed by atoms with Crippen molar-refractivity contribution in [3.63, 3.8) is 0 Å². The number of hydrogen-bond acceptors (Lipinski definition) is 4. The molecule has 0 spiro atoms. The van der Waals surface area contributed by atoms with Gasteiger partial charge in [0, 0.05) is 32.7 Å². The molecule has 2 N–H and O–H groups in total. The summed E-state index contributed by atoms with van der Waals surface area (Å²) in [4.78, 5) is 26.2. The van der Waals surface area contributed by atoms with Crippen molar-refractivity contribution in [2.45, 2.75) is 18.9 Å². The third-order valence-electron chi connectivity index (χ3n) is 4.25. The molecule has 7 nitrogen and oxygen atoms in total. The largest absolute Gasteiger partial charge is 0.480 e. The predicted octanol–water partition coefficient (Wildman–Crippen LogP) is -0.158. The van der Waals surface area contributed by atoms with E-state index in [4.69, 9.17) is 9.84 Å². The number of aliphatic hydroxyl groups is 1. The van der Waals surface area contributed by atoms with Crippen molar-refractivity contribution in [3.8, 4) is 0 Å². The first kappa shape index (κ1) is 15.1. The van der Waals surface area contributed by atoms with Crippen LogP contribution in [0, 0.1) is 11.8 Å². The summed E-state index contributed by atoms with van der Waals surface area (Å²) < 4.78 is 4.91. The van der Waals surface area contributed by atoms with Crippen LogP contribution in [0.2, 0.25) is 0 Å². The topological polar surface area (TPSA) is 90.3 Å². The number of nitrogens with zero attached hydrogens (tertiary/aromatic N) is 2. The van der Waals surface area contributed by atoms with E-state index < -0.39 is 5.97 Å². The standard InChI is InChI=1S/C13H22N2O5/c1-20-5-4-14(8-12(17)18)13(19)15-6-9-2-3-11(16)10(9)7-15/h9-11,16H,2-8H2,1H3,(H,17,18). The van der Waals surface area contributed by atoms with E-state index >= 15 is 0 Å². The van der Waals surface area contributed by atoms with E-state index in [-0.39, 0.29) is 31.1 Å². The number of carboxylic acids is 1. The molecule has 0 aromatic heterocycles. The van der Waals surface area contributed by atoms with Crippen molar-refractivity contribution in [1.82, 2.24) is 9.80 Å². The van der Waals surface area contributed by atoms with E-state index in [1.54, 1.807) is 4.90 Å². The zero-order chi connectivity index (χ0) is 14.7. The van der Waals surface area contributed by atoms with Gasteiger partial charge < -0.3 is 24.7 Å². The minimum atomic E-state index is -1.03. The SMILES string of the molecule is COCCN(CC(=O)O)C(=O)N1CC2CCC(O)C2C1. The average molecular weight is 286 g/mol. The van der Waals surface area contributed by atoms with E-state index in [1.165, 1.54) is 12.0 Å². The predicted molar refractivity (Wildman–Crippen MR) is 70.3 cm³/mol. The van der Waals surface area contributed by atoms with Gasteiger partial charge in [0.1, 0.15) is 6.54 Å². The minimum Gasteiger partial charge on any atom is -0.480 e. The molecule has 20 heavy (non-hydrogen) atoms. The molecule has 0 bridgehead atoms. The first-order chi connectivity index (χ1) is 9.52. The van der Waals surface area contributed by atoms with Crippen molar-refractivity contribution < 1.29 is 24.5 Å². The summed E-state index contributed by atoms with van der Waals surface area (Å²) in [6.07, 6.45) is 1.41. The van der Waals surface area contributed by atoms with Gasteiger partial charge in [0.15, 0.2) is 0 Å². The molecule has 114 valence electrons. The number of amides is 2. The molecule has 2 rings (SSSR count). The van der Waals surface area contributed by atoms with Crippen LogP contribution in [-0.2, 0) is 9.53 Å². The second kappa shape index (κ2) is 6.41. The lowest BCUT2D eigenvalue weighted by molar-refractivity contribution is -0.137. The zero-order valence-corrected chi connectivity index (χ0v) is 11.7. The molecule has 0 radical (unpaired) electrons. The minimum absolute atomic E-state index is 0.146. The Hall–Kier alpha value is -1.34. The van der Waals surface area contributed by atoms with E-state index in [9.17, 15) is 14.7 Å². The lowest BCUT2D eigenvalue weighted by Gasteiger charge is -2.27. The number of fused-ring (bicyclic) bond motifs is 1. The fourth-order valence-corrected chi connectivity index (χ4v) is 3.20. The Balaban J connectivity index is 1.95. The first-order valence-electron chi connectivity index (χ1n) is 6.95. The first-order valence-corrected chi connectivity index (χ1v) is 6.95. The molecule has 3 atom stereocenters. The lowest BCUT2D eigenvalue weighted by atomic mass is 10.00. The van der Waals surface area contributed by atoms with Crippen LogP contribution in [-0.4, -0.2) is 78.0 Å². The van der Waals surface area contributed by atoms with Gasteiger partial charge in [-0.1, -0.05) is 0 Å². The quantitative estimate of drug-likeness (QED) is 0.733. The Kier molecular flexibility index (Phi) is 4.82. The van der Waals surface area contributed by atoms with Gasteiger partial charge in [-0.3, -0.25) is 4.79 Å². The van der Waals surface area contributed by atoms with E-state index in [0.717, 1.165) is 12.8 Å². The van der Waals surface area contributed by atoms with Crippen LogP contribution in [0.4, 0.5) is 4.79 Å². The molecular weight excluding hydrogens is 264 g/mol. The highest BCUT2D eigenvalue weighted by Gasteiger charge is 2.44. The maximum absolute atomic E-state index is 12.4. The second-order valence-electron chi connectivity index (χ2n) is 5.56. The van der Waals surface area contributed by atoms with Crippen molar-refractivity contribution >= 4 is 12.0 Å². The third kappa shape index (κ3) is 3.21. The maximum atomic E-state index is 12.4. The fourth-order valence-electron chi connectivity index (χ4n) is 3.20. The molecule has 2 fully saturated rings. The highest BCUT2D eigenvalue weighted by Crippen LogP contribution is 2.38. The average Bonchev–Trinajstić information content (AvgIpc) is 2.96. The summed E-state index contributed by atoms with van der Waals surface area (Å²) in [5, 5.41) is 18.7. The van der Waals surface area contributed by atoms with Gasteiger partial charge in [0.05, 0.1) is 12.7 Å². The number of aliphatic carboxylic acids is 1. The molecule has 3 unspecified atom stereocenters. The van der Waals surface area contributed by atoms with Gasteiger partial charge >= 0.3 is 12.0 Å². The number of carboxylic acid groups (broad SMARTS) is 1. The molecular formula is C13H22N2O5. The number of rotatable bonds is 5. The van der Waals surface area contributed by atoms with Crippen LogP contribution in [0.1, 0.15) is 12.8 Å². The number of urea groups is 1. The Morgan fingerprint density at radius 2 is 2.10 bits per heavy atom. The van der Waals surface area contributed by atoms with Gasteiger partial charge in [-0.15, -0.1) is 0 Å². The number of carbonyl (C=O) groups excluding carboxylic acids is 1. The summed E-state index contributed by atoms with van der Waals surface area (Å²) >= 11 is 0. The summed E-state index contributed by atoms with van der Waals surface area (Å²) in [6, 6.07) is -0.272. The van der Waals surface area contributed by atoms with Crippen LogP contribution >= 0.6 is 0 Å². The molecule has 0 aromatic rings. The van der Waals surface area contributed by atoms with Crippen LogP contribution in [0.3, 0.4) is 0 Å². The Labute approximate surface area is 118 Å². The van der Waals surface area contributed by atoms with Gasteiger partial charge in [0.25, 0.3) is 0 Å². The molecule has 1 aliphatic carbocycles. The molecule has 1 heterocycles. The highest BCUT2D eigenvalue weighted by molar-refractivity contribution is 5.80. The summed E-state index contributed by atoms with van der Waals surface area (Å²) in [5.41, 5.74) is 0. The third-order valence-corrected chi connectivity index (χ3v) is 4.25. The lowest BCUT2D eigenvalue weighted by Crippen LogP contribution is -2.46. The molecule has 1 saturated carbocycles. The van der Waals surface area contributed by atoms with Crippen molar-refractivity contribution in [2.75, 3.05) is 39.9 Å². The highest BCUT2D eigenvalue weighted by atomic mass is 16.5. The van der Waals surface area contributed by atoms with Gasteiger partial charge in [-0.2, -0.15) is 0 Å². The van der Waals surface area contributed by atoms with Gasteiger partial charge in [-0.25, -0.2) is 4.79 Å². The van der Waals surface area contributed by atoms with E-state index in [2.05, 4.69) is 0 Å². The van der Waals surface area contributed by atoms with Crippen molar-refractivity contribution in [3.05, 3.63) is 0 Å². The van der Waals surface area contributed by atoms with Crippen LogP contribution in [0.15, 0.2) is 0 Å². The number of aliphatic hydroxyl groups excluding tert-OH is 1. The van der Waals surface area contributed by atoms with Crippen LogP contribution < -0.4 is 0 Å². The van der Waals surface area contributed by atoms with Crippen molar-refractivity contribution in [1.29, 1.82) is 0 Å². The zero-order valence-electron chi connectivity index (χ0n) is 11.7.